The van der Waals surface area contributed by atoms with Crippen molar-refractivity contribution < 1.29 is 29.3 Å². The van der Waals surface area contributed by atoms with Crippen LogP contribution in [0.3, 0.4) is 0 Å². The van der Waals surface area contributed by atoms with E-state index in [9.17, 15) is 19.8 Å². The summed E-state index contributed by atoms with van der Waals surface area (Å²) in [6, 6.07) is 9.19. The Labute approximate surface area is 189 Å². The molecule has 1 fully saturated rings. The number of aromatic hydroxyl groups is 1. The maximum absolute atomic E-state index is 13.0. The predicted octanol–water partition coefficient (Wildman–Crippen LogP) is 4.29. The number of nitrogens with zero attached hydrogens (tertiary/aromatic N) is 2. The number of benzene rings is 2. The zero-order valence-corrected chi connectivity index (χ0v) is 18.4. The van der Waals surface area contributed by atoms with Crippen molar-refractivity contribution in [2.45, 2.75) is 6.92 Å². The Morgan fingerprint density at radius 3 is 2.69 bits per heavy atom. The van der Waals surface area contributed by atoms with Gasteiger partial charge in [-0.15, -0.1) is 6.58 Å². The molecule has 1 heterocycles. The summed E-state index contributed by atoms with van der Waals surface area (Å²) in [6.07, 6.45) is 3.27. The highest BCUT2D eigenvalue weighted by molar-refractivity contribution is 8.18. The number of methoxy groups -OCH3 is 1. The van der Waals surface area contributed by atoms with Gasteiger partial charge < -0.3 is 19.7 Å². The van der Waals surface area contributed by atoms with Crippen LogP contribution in [-0.2, 0) is 4.79 Å². The van der Waals surface area contributed by atoms with Crippen LogP contribution in [0.25, 0.3) is 6.08 Å². The van der Waals surface area contributed by atoms with Crippen molar-refractivity contribution in [1.82, 2.24) is 4.90 Å². The summed E-state index contributed by atoms with van der Waals surface area (Å²) < 4.78 is 10.9. The summed E-state index contributed by atoms with van der Waals surface area (Å²) >= 11 is 1.12. The fourth-order valence-corrected chi connectivity index (χ4v) is 3.98. The first-order valence-corrected chi connectivity index (χ1v) is 10.5. The number of aromatic carboxylic acids is 1. The van der Waals surface area contributed by atoms with Gasteiger partial charge in [0.25, 0.3) is 5.91 Å². The van der Waals surface area contributed by atoms with Crippen LogP contribution in [0.1, 0.15) is 22.8 Å². The summed E-state index contributed by atoms with van der Waals surface area (Å²) in [7, 11) is 1.54. The van der Waals surface area contributed by atoms with Crippen molar-refractivity contribution in [3.8, 4) is 17.2 Å². The van der Waals surface area contributed by atoms with E-state index in [2.05, 4.69) is 11.6 Å². The molecule has 32 heavy (non-hydrogen) atoms. The molecule has 1 amide bonds. The molecule has 8 nitrogen and oxygen atoms in total. The Hall–Kier alpha value is -3.72. The first-order chi connectivity index (χ1) is 15.4. The highest BCUT2D eigenvalue weighted by atomic mass is 32.2. The first kappa shape index (κ1) is 23.0. The number of carbonyl (C=O) groups is 2. The molecule has 0 radical (unpaired) electrons. The topological polar surface area (TPSA) is 109 Å². The monoisotopic (exact) mass is 454 g/mol. The average Bonchev–Trinajstić information content (AvgIpc) is 3.05. The molecule has 2 aromatic carbocycles. The van der Waals surface area contributed by atoms with Gasteiger partial charge in [-0.05, 0) is 60.7 Å². The number of phenols is 1. The molecule has 0 atom stereocenters. The van der Waals surface area contributed by atoms with E-state index >= 15 is 0 Å². The van der Waals surface area contributed by atoms with E-state index in [0.29, 0.717) is 28.2 Å². The third kappa shape index (κ3) is 4.94. The van der Waals surface area contributed by atoms with Crippen LogP contribution in [0.15, 0.2) is 59.0 Å². The molecular weight excluding hydrogens is 432 g/mol. The molecule has 0 aliphatic carbocycles. The Bertz CT molecular complexity index is 1130. The fourth-order valence-electron chi connectivity index (χ4n) is 2.98. The highest BCUT2D eigenvalue weighted by Crippen LogP contribution is 2.36. The summed E-state index contributed by atoms with van der Waals surface area (Å²) in [6.45, 7) is 6.26. The van der Waals surface area contributed by atoms with Crippen molar-refractivity contribution in [2.75, 3.05) is 20.3 Å². The molecule has 166 valence electrons. The quantitative estimate of drug-likeness (QED) is 0.452. The van der Waals surface area contributed by atoms with Gasteiger partial charge in [0.15, 0.2) is 16.7 Å². The number of hydrogen-bond acceptors (Lipinski definition) is 7. The molecule has 2 aromatic rings. The van der Waals surface area contributed by atoms with E-state index < -0.39 is 5.97 Å². The Kier molecular flexibility index (Phi) is 7.21. The second-order valence-corrected chi connectivity index (χ2v) is 7.57. The average molecular weight is 455 g/mol. The van der Waals surface area contributed by atoms with E-state index in [4.69, 9.17) is 9.47 Å². The molecule has 1 aliphatic heterocycles. The molecule has 1 aliphatic rings. The van der Waals surface area contributed by atoms with Gasteiger partial charge >= 0.3 is 5.97 Å². The lowest BCUT2D eigenvalue weighted by Crippen LogP contribution is -2.29. The fraction of sp³-hybridized carbons (Fsp3) is 0.174. The minimum atomic E-state index is -1.23. The van der Waals surface area contributed by atoms with Crippen LogP contribution in [0, 0.1) is 0 Å². The second-order valence-electron chi connectivity index (χ2n) is 6.56. The number of carboxylic acids is 1. The lowest BCUT2D eigenvalue weighted by atomic mass is 10.1. The Morgan fingerprint density at radius 2 is 2.03 bits per heavy atom. The smallest absolute Gasteiger partial charge is 0.338 e. The van der Waals surface area contributed by atoms with Crippen LogP contribution in [-0.4, -0.2) is 52.4 Å². The van der Waals surface area contributed by atoms with Crippen LogP contribution in [0.2, 0.25) is 0 Å². The number of amidine groups is 1. The predicted molar refractivity (Wildman–Crippen MR) is 124 cm³/mol. The minimum Gasteiger partial charge on any atom is -0.508 e. The van der Waals surface area contributed by atoms with Gasteiger partial charge in [0.2, 0.25) is 0 Å². The van der Waals surface area contributed by atoms with E-state index in [0.717, 1.165) is 23.4 Å². The number of hydrogen-bond donors (Lipinski definition) is 2. The third-order valence-corrected chi connectivity index (χ3v) is 5.42. The molecule has 0 saturated carbocycles. The van der Waals surface area contributed by atoms with Crippen molar-refractivity contribution >= 4 is 40.6 Å². The van der Waals surface area contributed by atoms with Gasteiger partial charge in [-0.2, -0.15) is 0 Å². The van der Waals surface area contributed by atoms with Gasteiger partial charge in [-0.25, -0.2) is 9.79 Å². The molecule has 3 rings (SSSR count). The van der Waals surface area contributed by atoms with Crippen LogP contribution >= 0.6 is 11.8 Å². The number of amides is 1. The summed E-state index contributed by atoms with van der Waals surface area (Å²) in [4.78, 5) is 30.7. The normalized spacial score (nSPS) is 15.9. The van der Waals surface area contributed by atoms with E-state index in [1.165, 1.54) is 17.0 Å². The lowest BCUT2D eigenvalue weighted by molar-refractivity contribution is -0.121. The number of carbonyl (C=O) groups excluding carboxylic acids is 1. The number of aliphatic imine (C=N–C) groups is 1. The summed E-state index contributed by atoms with van der Waals surface area (Å²) in [5.74, 6) is -0.552. The standard InChI is InChI=1S/C23H22N2O6S/c1-4-10-25-21(27)20(12-14-6-9-18(31-5-2)19(11-14)30-3)32-23(25)24-17-8-7-15(26)13-16(17)22(28)29/h4,6-9,11-13,26H,1,5,10H2,2-3H3,(H,28,29)/b20-12-,24-23?. The number of rotatable bonds is 8. The van der Waals surface area contributed by atoms with Gasteiger partial charge in [-0.1, -0.05) is 12.1 Å². The van der Waals surface area contributed by atoms with Gasteiger partial charge in [0.1, 0.15) is 5.75 Å². The van der Waals surface area contributed by atoms with Gasteiger partial charge in [0, 0.05) is 6.54 Å². The maximum Gasteiger partial charge on any atom is 0.338 e. The Morgan fingerprint density at radius 1 is 1.25 bits per heavy atom. The van der Waals surface area contributed by atoms with Crippen LogP contribution < -0.4 is 9.47 Å². The third-order valence-electron chi connectivity index (χ3n) is 4.41. The zero-order chi connectivity index (χ0) is 23.3. The number of thioether (sulfide) groups is 1. The molecule has 0 unspecified atom stereocenters. The lowest BCUT2D eigenvalue weighted by Gasteiger charge is -2.13. The molecule has 0 spiro atoms. The second kappa shape index (κ2) is 10.1. The highest BCUT2D eigenvalue weighted by Gasteiger charge is 2.33. The van der Waals surface area contributed by atoms with Crippen molar-refractivity contribution in [1.29, 1.82) is 0 Å². The molecule has 0 aromatic heterocycles. The van der Waals surface area contributed by atoms with E-state index in [1.54, 1.807) is 31.4 Å². The molecule has 0 bridgehead atoms. The van der Waals surface area contributed by atoms with Crippen molar-refractivity contribution in [3.63, 3.8) is 0 Å². The molecule has 1 saturated heterocycles. The maximum atomic E-state index is 13.0. The Balaban J connectivity index is 2.00. The molecule has 2 N–H and O–H groups in total. The summed E-state index contributed by atoms with van der Waals surface area (Å²) in [5, 5.41) is 19.3. The molecule has 9 heteroatoms. The minimum absolute atomic E-state index is 0.128. The van der Waals surface area contributed by atoms with E-state index in [-0.39, 0.29) is 29.5 Å². The summed E-state index contributed by atoms with van der Waals surface area (Å²) in [5.41, 5.74) is 0.693. The van der Waals surface area contributed by atoms with Crippen molar-refractivity contribution in [3.05, 3.63) is 65.1 Å². The van der Waals surface area contributed by atoms with Crippen LogP contribution in [0.4, 0.5) is 5.69 Å². The number of phenolic OH excluding ortho intramolecular Hbond substituents is 1. The first-order valence-electron chi connectivity index (χ1n) is 9.66. The number of carboxylic acid groups (broad SMARTS) is 1. The van der Waals surface area contributed by atoms with Gasteiger partial charge in [0.05, 0.1) is 29.9 Å². The number of ether oxygens (including phenoxy) is 2. The van der Waals surface area contributed by atoms with Crippen LogP contribution in [0.5, 0.6) is 17.2 Å². The zero-order valence-electron chi connectivity index (χ0n) is 17.6. The van der Waals surface area contributed by atoms with E-state index in [1.807, 2.05) is 13.0 Å². The van der Waals surface area contributed by atoms with Gasteiger partial charge in [-0.3, -0.25) is 9.69 Å². The SMILES string of the molecule is C=CCN1C(=O)/C(=C/c2ccc(OCC)c(OC)c2)SC1=Nc1ccc(O)cc1C(=O)O. The van der Waals surface area contributed by atoms with Crippen molar-refractivity contribution in [2.24, 2.45) is 4.99 Å². The largest absolute Gasteiger partial charge is 0.508 e. The molecular formula is C23H22N2O6S.